The fourth-order valence-electron chi connectivity index (χ4n) is 6.01. The van der Waals surface area contributed by atoms with E-state index in [2.05, 4.69) is 65.7 Å². The van der Waals surface area contributed by atoms with Gasteiger partial charge in [-0.15, -0.1) is 0 Å². The quantitative estimate of drug-likeness (QED) is 0.0791. The molecule has 0 saturated heterocycles. The summed E-state index contributed by atoms with van der Waals surface area (Å²) < 4.78 is 5.17. The van der Waals surface area contributed by atoms with Crippen molar-refractivity contribution in [2.24, 2.45) is 0 Å². The van der Waals surface area contributed by atoms with Crippen LogP contribution in [0, 0.1) is 0 Å². The van der Waals surface area contributed by atoms with Crippen molar-refractivity contribution in [3.05, 3.63) is 54.1 Å². The second kappa shape index (κ2) is 24.2. The van der Waals surface area contributed by atoms with Crippen LogP contribution in [0.15, 0.2) is 42.7 Å². The molecule has 2 aromatic rings. The van der Waals surface area contributed by atoms with Gasteiger partial charge in [0.25, 0.3) is 5.82 Å². The van der Waals surface area contributed by atoms with Gasteiger partial charge in [-0.1, -0.05) is 160 Å². The lowest BCUT2D eigenvalue weighted by Gasteiger charge is -2.07. The van der Waals surface area contributed by atoms with E-state index in [0.717, 1.165) is 6.54 Å². The number of benzene rings is 1. The standard InChI is InChI=1S/C37H65N2/c1-3-5-7-9-11-13-14-15-16-17-18-20-25-31-37-38(32-26-21-19-12-10-8-6-4-2)34-35-39(37)33-27-30-36-28-23-22-24-29-36/h22-24,28-29,34-35H,3-21,25-27,30-33H2,1-2H3/q+1. The lowest BCUT2D eigenvalue weighted by molar-refractivity contribution is -0.704. The van der Waals surface area contributed by atoms with Crippen LogP contribution < -0.4 is 4.57 Å². The number of aryl methyl sites for hydroxylation is 3. The Balaban J connectivity index is 1.67. The normalized spacial score (nSPS) is 11.4. The zero-order valence-electron chi connectivity index (χ0n) is 26.3. The summed E-state index contributed by atoms with van der Waals surface area (Å²) in [5.41, 5.74) is 1.47. The smallest absolute Gasteiger partial charge is 0.234 e. The molecule has 0 saturated carbocycles. The zero-order chi connectivity index (χ0) is 27.6. The van der Waals surface area contributed by atoms with Gasteiger partial charge >= 0.3 is 0 Å². The molecule has 2 rings (SSSR count). The number of unbranched alkanes of at least 4 members (excludes halogenated alkanes) is 19. The average molecular weight is 538 g/mol. The Morgan fingerprint density at radius 3 is 1.54 bits per heavy atom. The minimum atomic E-state index is 1.15. The molecule has 0 aliphatic heterocycles. The van der Waals surface area contributed by atoms with E-state index >= 15 is 0 Å². The van der Waals surface area contributed by atoms with Gasteiger partial charge in [-0.3, -0.25) is 0 Å². The first kappa shape index (κ1) is 33.6. The number of hydrogen-bond donors (Lipinski definition) is 0. The zero-order valence-corrected chi connectivity index (χ0v) is 26.3. The molecule has 222 valence electrons. The molecule has 0 aliphatic carbocycles. The molecule has 2 heteroatoms. The third-order valence-corrected chi connectivity index (χ3v) is 8.55. The van der Waals surface area contributed by atoms with Gasteiger partial charge in [-0.05, 0) is 37.7 Å². The summed E-state index contributed by atoms with van der Waals surface area (Å²) in [4.78, 5) is 0. The number of imidazole rings is 1. The van der Waals surface area contributed by atoms with Crippen molar-refractivity contribution >= 4 is 0 Å². The molecule has 0 radical (unpaired) electrons. The highest BCUT2D eigenvalue weighted by Gasteiger charge is 2.16. The van der Waals surface area contributed by atoms with Crippen LogP contribution in [0.2, 0.25) is 0 Å². The molecule has 0 atom stereocenters. The van der Waals surface area contributed by atoms with Crippen LogP contribution in [-0.2, 0) is 25.9 Å². The monoisotopic (exact) mass is 538 g/mol. The van der Waals surface area contributed by atoms with Gasteiger partial charge in [-0.2, -0.15) is 0 Å². The van der Waals surface area contributed by atoms with E-state index < -0.39 is 0 Å². The van der Waals surface area contributed by atoms with Crippen molar-refractivity contribution in [3.63, 3.8) is 0 Å². The molecule has 0 spiro atoms. The Bertz CT molecular complexity index is 778. The van der Waals surface area contributed by atoms with E-state index in [1.165, 1.54) is 166 Å². The minimum Gasteiger partial charge on any atom is -0.234 e. The predicted molar refractivity (Wildman–Crippen MR) is 171 cm³/mol. The maximum absolute atomic E-state index is 2.60. The summed E-state index contributed by atoms with van der Waals surface area (Å²) >= 11 is 0. The molecule has 39 heavy (non-hydrogen) atoms. The topological polar surface area (TPSA) is 8.81 Å². The molecule has 1 heterocycles. The third kappa shape index (κ3) is 17.0. The van der Waals surface area contributed by atoms with Crippen LogP contribution >= 0.6 is 0 Å². The van der Waals surface area contributed by atoms with E-state index in [1.807, 2.05) is 0 Å². The van der Waals surface area contributed by atoms with Crippen LogP contribution in [-0.4, -0.2) is 4.57 Å². The van der Waals surface area contributed by atoms with Crippen LogP contribution in [0.25, 0.3) is 0 Å². The van der Waals surface area contributed by atoms with E-state index in [1.54, 1.807) is 5.82 Å². The maximum Gasteiger partial charge on any atom is 0.256 e. The number of rotatable bonds is 27. The van der Waals surface area contributed by atoms with Gasteiger partial charge in [0.15, 0.2) is 0 Å². The minimum absolute atomic E-state index is 1.15. The maximum atomic E-state index is 2.60. The summed E-state index contributed by atoms with van der Waals surface area (Å²) in [7, 11) is 0. The van der Waals surface area contributed by atoms with E-state index in [-0.39, 0.29) is 0 Å². The Morgan fingerprint density at radius 2 is 1.00 bits per heavy atom. The molecule has 0 unspecified atom stereocenters. The van der Waals surface area contributed by atoms with Crippen LogP contribution in [0.4, 0.5) is 0 Å². The molecule has 0 amide bonds. The van der Waals surface area contributed by atoms with Crippen LogP contribution in [0.3, 0.4) is 0 Å². The Labute approximate surface area is 244 Å². The molecule has 0 fully saturated rings. The first-order valence-corrected chi connectivity index (χ1v) is 17.5. The molecular weight excluding hydrogens is 472 g/mol. The summed E-state index contributed by atoms with van der Waals surface area (Å²) in [5.74, 6) is 1.58. The SMILES string of the molecule is CCCCCCCCCCCCCCCc1n(CCCCCCCCCC)cc[n+]1CCCc1ccccc1. The van der Waals surface area contributed by atoms with E-state index in [0.29, 0.717) is 0 Å². The summed E-state index contributed by atoms with van der Waals surface area (Å²) in [6.45, 7) is 6.96. The van der Waals surface area contributed by atoms with Gasteiger partial charge < -0.3 is 0 Å². The van der Waals surface area contributed by atoms with Gasteiger partial charge in [0.2, 0.25) is 0 Å². The molecule has 2 nitrogen and oxygen atoms in total. The highest BCUT2D eigenvalue weighted by atomic mass is 15.1. The average Bonchev–Trinajstić information content (AvgIpc) is 3.34. The summed E-state index contributed by atoms with van der Waals surface area (Å²) in [6.07, 6.45) is 38.2. The molecule has 1 aromatic carbocycles. The van der Waals surface area contributed by atoms with Crippen molar-refractivity contribution < 1.29 is 4.57 Å². The van der Waals surface area contributed by atoms with Crippen molar-refractivity contribution in [1.82, 2.24) is 4.57 Å². The second-order valence-electron chi connectivity index (χ2n) is 12.2. The number of aromatic nitrogens is 2. The Morgan fingerprint density at radius 1 is 0.513 bits per heavy atom. The fourth-order valence-corrected chi connectivity index (χ4v) is 6.01. The van der Waals surface area contributed by atoms with Crippen molar-refractivity contribution in [3.8, 4) is 0 Å². The Hall–Kier alpha value is -1.57. The van der Waals surface area contributed by atoms with Crippen molar-refractivity contribution in [2.45, 2.75) is 181 Å². The molecular formula is C37H65N2+. The molecule has 1 aromatic heterocycles. The first-order valence-electron chi connectivity index (χ1n) is 17.5. The molecule has 0 aliphatic rings. The largest absolute Gasteiger partial charge is 0.256 e. The molecule has 0 bridgehead atoms. The van der Waals surface area contributed by atoms with Crippen LogP contribution in [0.1, 0.15) is 166 Å². The van der Waals surface area contributed by atoms with E-state index in [9.17, 15) is 0 Å². The lowest BCUT2D eigenvalue weighted by atomic mass is 10.0. The van der Waals surface area contributed by atoms with Gasteiger partial charge in [-0.25, -0.2) is 9.13 Å². The fraction of sp³-hybridized carbons (Fsp3) is 0.757. The highest BCUT2D eigenvalue weighted by Crippen LogP contribution is 2.14. The van der Waals surface area contributed by atoms with Gasteiger partial charge in [0, 0.05) is 6.42 Å². The van der Waals surface area contributed by atoms with E-state index in [4.69, 9.17) is 0 Å². The second-order valence-corrected chi connectivity index (χ2v) is 12.2. The lowest BCUT2D eigenvalue weighted by Crippen LogP contribution is -2.37. The number of nitrogens with zero attached hydrogens (tertiary/aromatic N) is 2. The highest BCUT2D eigenvalue weighted by molar-refractivity contribution is 5.14. The van der Waals surface area contributed by atoms with Gasteiger partial charge in [0.05, 0.1) is 13.1 Å². The first-order chi connectivity index (χ1) is 19.3. The molecule has 0 N–H and O–H groups in total. The third-order valence-electron chi connectivity index (χ3n) is 8.55. The van der Waals surface area contributed by atoms with Crippen molar-refractivity contribution in [1.29, 1.82) is 0 Å². The van der Waals surface area contributed by atoms with Crippen LogP contribution in [0.5, 0.6) is 0 Å². The predicted octanol–water partition coefficient (Wildman–Crippen LogP) is 11.2. The summed E-state index contributed by atoms with van der Waals surface area (Å²) in [5, 5.41) is 0. The Kier molecular flexibility index (Phi) is 20.9. The summed E-state index contributed by atoms with van der Waals surface area (Å²) in [6, 6.07) is 11.0. The van der Waals surface area contributed by atoms with Crippen molar-refractivity contribution in [2.75, 3.05) is 0 Å². The van der Waals surface area contributed by atoms with Gasteiger partial charge in [0.1, 0.15) is 12.4 Å². The number of hydrogen-bond acceptors (Lipinski definition) is 0.